The van der Waals surface area contributed by atoms with E-state index in [4.69, 9.17) is 0 Å². The molecular weight excluding hydrogens is 210 g/mol. The zero-order valence-corrected chi connectivity index (χ0v) is 12.2. The van der Waals surface area contributed by atoms with Gasteiger partial charge in [0.25, 0.3) is 0 Å². The van der Waals surface area contributed by atoms with Crippen molar-refractivity contribution < 1.29 is 5.11 Å². The van der Waals surface area contributed by atoms with Gasteiger partial charge >= 0.3 is 0 Å². The summed E-state index contributed by atoms with van der Waals surface area (Å²) >= 11 is 0. The topological polar surface area (TPSA) is 23.5 Å². The smallest absolute Gasteiger partial charge is 0.0445 e. The second-order valence-electron chi connectivity index (χ2n) is 5.05. The van der Waals surface area contributed by atoms with Crippen molar-refractivity contribution in [2.75, 3.05) is 19.7 Å². The largest absolute Gasteiger partial charge is 0.396 e. The highest BCUT2D eigenvalue weighted by atomic mass is 16.3. The average Bonchev–Trinajstić information content (AvgIpc) is 2.35. The predicted octanol–water partition coefficient (Wildman–Crippen LogP) is 3.83. The summed E-state index contributed by atoms with van der Waals surface area (Å²) in [6.45, 7) is 9.52. The zero-order valence-electron chi connectivity index (χ0n) is 12.2. The van der Waals surface area contributed by atoms with E-state index in [2.05, 4.69) is 25.7 Å². The number of hydrogen-bond acceptors (Lipinski definition) is 2. The van der Waals surface area contributed by atoms with Crippen molar-refractivity contribution in [1.29, 1.82) is 0 Å². The molecule has 0 rings (SSSR count). The third-order valence-electron chi connectivity index (χ3n) is 3.47. The van der Waals surface area contributed by atoms with Crippen molar-refractivity contribution in [2.45, 2.75) is 78.2 Å². The van der Waals surface area contributed by atoms with Gasteiger partial charge in [0.1, 0.15) is 0 Å². The maximum absolute atomic E-state index is 9.21. The van der Waals surface area contributed by atoms with Gasteiger partial charge in [-0.15, -0.1) is 0 Å². The Morgan fingerprint density at radius 3 is 1.76 bits per heavy atom. The highest BCUT2D eigenvalue weighted by Gasteiger charge is 2.16. The summed E-state index contributed by atoms with van der Waals surface area (Å²) in [4.78, 5) is 2.62. The van der Waals surface area contributed by atoms with Crippen molar-refractivity contribution >= 4 is 0 Å². The maximum Gasteiger partial charge on any atom is 0.0445 e. The molecule has 2 nitrogen and oxygen atoms in total. The molecule has 1 unspecified atom stereocenters. The van der Waals surface area contributed by atoms with E-state index in [-0.39, 0.29) is 0 Å². The Labute approximate surface area is 108 Å². The molecule has 1 atom stereocenters. The monoisotopic (exact) mass is 243 g/mol. The van der Waals surface area contributed by atoms with Crippen LogP contribution < -0.4 is 0 Å². The minimum atomic E-state index is 0.336. The first-order chi connectivity index (χ1) is 8.29. The summed E-state index contributed by atoms with van der Waals surface area (Å²) < 4.78 is 0. The van der Waals surface area contributed by atoms with Crippen LogP contribution in [0.5, 0.6) is 0 Å². The fourth-order valence-electron chi connectivity index (χ4n) is 2.30. The van der Waals surface area contributed by atoms with Crippen LogP contribution in [0.3, 0.4) is 0 Å². The molecule has 0 aliphatic heterocycles. The molecular formula is C15H33NO. The number of rotatable bonds is 12. The lowest BCUT2D eigenvalue weighted by molar-refractivity contribution is 0.143. The molecule has 0 heterocycles. The maximum atomic E-state index is 9.21. The number of aliphatic hydroxyl groups is 1. The van der Waals surface area contributed by atoms with Gasteiger partial charge in [-0.05, 0) is 38.8 Å². The number of aliphatic hydroxyl groups excluding tert-OH is 1. The Kier molecular flexibility index (Phi) is 12.3. The quantitative estimate of drug-likeness (QED) is 0.563. The Morgan fingerprint density at radius 2 is 1.35 bits per heavy atom. The van der Waals surface area contributed by atoms with E-state index in [1.807, 2.05) is 0 Å². The predicted molar refractivity (Wildman–Crippen MR) is 76.4 cm³/mol. The van der Waals surface area contributed by atoms with E-state index in [1.165, 1.54) is 58.0 Å². The molecule has 0 radical (unpaired) electrons. The van der Waals surface area contributed by atoms with Crippen LogP contribution in [0.2, 0.25) is 0 Å². The van der Waals surface area contributed by atoms with E-state index < -0.39 is 0 Å². The molecule has 0 aliphatic carbocycles. The van der Waals surface area contributed by atoms with Crippen LogP contribution >= 0.6 is 0 Å². The van der Waals surface area contributed by atoms with Crippen LogP contribution in [0.15, 0.2) is 0 Å². The van der Waals surface area contributed by atoms with E-state index in [0.29, 0.717) is 12.6 Å². The minimum absolute atomic E-state index is 0.336. The summed E-state index contributed by atoms with van der Waals surface area (Å²) in [5.41, 5.74) is 0. The summed E-state index contributed by atoms with van der Waals surface area (Å²) in [6.07, 6.45) is 9.87. The molecule has 104 valence electrons. The third kappa shape index (κ3) is 8.62. The zero-order chi connectivity index (χ0) is 12.9. The van der Waals surface area contributed by atoms with E-state index >= 15 is 0 Å². The Balaban J connectivity index is 4.20. The second kappa shape index (κ2) is 12.4. The van der Waals surface area contributed by atoms with Crippen molar-refractivity contribution in [3.05, 3.63) is 0 Å². The molecule has 0 bridgehead atoms. The molecule has 0 fully saturated rings. The van der Waals surface area contributed by atoms with Crippen molar-refractivity contribution in [1.82, 2.24) is 4.90 Å². The van der Waals surface area contributed by atoms with Gasteiger partial charge in [-0.2, -0.15) is 0 Å². The van der Waals surface area contributed by atoms with Crippen molar-refractivity contribution in [3.8, 4) is 0 Å². The molecule has 2 heteroatoms. The first kappa shape index (κ1) is 16.9. The van der Waals surface area contributed by atoms with Gasteiger partial charge in [0, 0.05) is 12.6 Å². The first-order valence-corrected chi connectivity index (χ1v) is 7.64. The lowest BCUT2D eigenvalue weighted by Gasteiger charge is -2.31. The van der Waals surface area contributed by atoms with Gasteiger partial charge in [0.2, 0.25) is 0 Å². The molecule has 1 N–H and O–H groups in total. The third-order valence-corrected chi connectivity index (χ3v) is 3.47. The molecule has 0 aliphatic rings. The van der Waals surface area contributed by atoms with Gasteiger partial charge in [0.15, 0.2) is 0 Å². The molecule has 0 saturated carbocycles. The van der Waals surface area contributed by atoms with Crippen molar-refractivity contribution in [2.24, 2.45) is 0 Å². The minimum Gasteiger partial charge on any atom is -0.396 e. The lowest BCUT2D eigenvalue weighted by Crippen LogP contribution is -2.37. The fraction of sp³-hybridized carbons (Fsp3) is 1.00. The first-order valence-electron chi connectivity index (χ1n) is 7.64. The summed E-state index contributed by atoms with van der Waals surface area (Å²) in [5, 5.41) is 9.21. The van der Waals surface area contributed by atoms with E-state index in [1.54, 1.807) is 0 Å². The van der Waals surface area contributed by atoms with Crippen LogP contribution in [0.25, 0.3) is 0 Å². The molecule has 0 saturated heterocycles. The van der Waals surface area contributed by atoms with Crippen LogP contribution in [0, 0.1) is 0 Å². The summed E-state index contributed by atoms with van der Waals surface area (Å²) in [5.74, 6) is 0. The van der Waals surface area contributed by atoms with Crippen LogP contribution in [0.4, 0.5) is 0 Å². The average molecular weight is 243 g/mol. The fourth-order valence-corrected chi connectivity index (χ4v) is 2.30. The van der Waals surface area contributed by atoms with Crippen LogP contribution in [0.1, 0.15) is 72.1 Å². The van der Waals surface area contributed by atoms with Gasteiger partial charge in [-0.1, -0.05) is 46.5 Å². The molecule has 0 aromatic carbocycles. The van der Waals surface area contributed by atoms with Crippen LogP contribution in [-0.4, -0.2) is 35.7 Å². The standard InChI is InChI=1S/C15H33NO/c1-4-7-10-15(11-14-17)16(12-8-5-2)13-9-6-3/h15,17H,4-14H2,1-3H3. The SMILES string of the molecule is CCCCC(CCO)N(CCCC)CCCC. The Morgan fingerprint density at radius 1 is 0.824 bits per heavy atom. The number of hydrogen-bond donors (Lipinski definition) is 1. The second-order valence-corrected chi connectivity index (χ2v) is 5.05. The van der Waals surface area contributed by atoms with Gasteiger partial charge in [-0.3, -0.25) is 0 Å². The molecule has 17 heavy (non-hydrogen) atoms. The normalized spacial score (nSPS) is 13.2. The lowest BCUT2D eigenvalue weighted by atomic mass is 10.0. The van der Waals surface area contributed by atoms with Gasteiger partial charge in [0.05, 0.1) is 0 Å². The molecule has 0 spiro atoms. The van der Waals surface area contributed by atoms with E-state index in [0.717, 1.165) is 6.42 Å². The van der Waals surface area contributed by atoms with Gasteiger partial charge in [-0.25, -0.2) is 0 Å². The Hall–Kier alpha value is -0.0800. The molecule has 0 amide bonds. The van der Waals surface area contributed by atoms with Crippen molar-refractivity contribution in [3.63, 3.8) is 0 Å². The van der Waals surface area contributed by atoms with Gasteiger partial charge < -0.3 is 10.0 Å². The van der Waals surface area contributed by atoms with Crippen LogP contribution in [-0.2, 0) is 0 Å². The molecule has 0 aromatic rings. The summed E-state index contributed by atoms with van der Waals surface area (Å²) in [6, 6.07) is 0.609. The van der Waals surface area contributed by atoms with E-state index in [9.17, 15) is 5.11 Å². The summed E-state index contributed by atoms with van der Waals surface area (Å²) in [7, 11) is 0. The Bertz CT molecular complexity index is 142. The number of nitrogens with zero attached hydrogens (tertiary/aromatic N) is 1. The highest BCUT2D eigenvalue weighted by molar-refractivity contribution is 4.71. The number of unbranched alkanes of at least 4 members (excludes halogenated alkanes) is 3. The molecule has 0 aromatic heterocycles. The highest BCUT2D eigenvalue weighted by Crippen LogP contribution is 2.14.